The summed E-state index contributed by atoms with van der Waals surface area (Å²) >= 11 is 1.86. The minimum Gasteiger partial charge on any atom is -0.481 e. The maximum absolute atomic E-state index is 12.4. The fourth-order valence-electron chi connectivity index (χ4n) is 2.51. The highest BCUT2D eigenvalue weighted by molar-refractivity contribution is 7.99. The van der Waals surface area contributed by atoms with Crippen molar-refractivity contribution in [1.82, 2.24) is 9.80 Å². The van der Waals surface area contributed by atoms with Gasteiger partial charge < -0.3 is 14.9 Å². The molecular formula is C12H20N2O3S. The zero-order valence-corrected chi connectivity index (χ0v) is 11.5. The number of thioether (sulfide) groups is 1. The molecule has 2 amide bonds. The average Bonchev–Trinajstić information content (AvgIpc) is 2.39. The van der Waals surface area contributed by atoms with Crippen molar-refractivity contribution < 1.29 is 14.7 Å². The van der Waals surface area contributed by atoms with E-state index in [0.29, 0.717) is 13.0 Å². The number of piperidine rings is 1. The number of nitrogens with zero attached hydrogens (tertiary/aromatic N) is 2. The molecule has 0 aromatic rings. The quantitative estimate of drug-likeness (QED) is 0.782. The molecule has 0 aromatic carbocycles. The van der Waals surface area contributed by atoms with Crippen LogP contribution in [0.1, 0.15) is 19.8 Å². The van der Waals surface area contributed by atoms with Gasteiger partial charge in [-0.2, -0.15) is 11.8 Å². The van der Waals surface area contributed by atoms with Crippen molar-refractivity contribution in [1.29, 1.82) is 0 Å². The van der Waals surface area contributed by atoms with E-state index in [4.69, 9.17) is 5.11 Å². The number of likely N-dealkylation sites (tertiary alicyclic amines) is 1. The number of carboxylic acid groups (broad SMARTS) is 1. The molecule has 2 aliphatic rings. The predicted octanol–water partition coefficient (Wildman–Crippen LogP) is 1.34. The zero-order chi connectivity index (χ0) is 13.1. The molecule has 2 saturated heterocycles. The van der Waals surface area contributed by atoms with Crippen molar-refractivity contribution in [2.24, 2.45) is 5.92 Å². The molecule has 0 bridgehead atoms. The Labute approximate surface area is 112 Å². The van der Waals surface area contributed by atoms with E-state index in [1.807, 2.05) is 23.6 Å². The number of aliphatic carboxylic acids is 1. The van der Waals surface area contributed by atoms with Crippen molar-refractivity contribution in [3.63, 3.8) is 0 Å². The Morgan fingerprint density at radius 1 is 1.22 bits per heavy atom. The molecule has 2 rings (SSSR count). The lowest BCUT2D eigenvalue weighted by molar-refractivity contribution is -0.143. The largest absolute Gasteiger partial charge is 0.481 e. The zero-order valence-electron chi connectivity index (χ0n) is 10.7. The monoisotopic (exact) mass is 272 g/mol. The van der Waals surface area contributed by atoms with E-state index in [1.54, 1.807) is 4.90 Å². The van der Waals surface area contributed by atoms with Crippen LogP contribution < -0.4 is 0 Å². The maximum Gasteiger partial charge on any atom is 0.320 e. The van der Waals surface area contributed by atoms with E-state index in [-0.39, 0.29) is 12.1 Å². The Morgan fingerprint density at radius 2 is 1.89 bits per heavy atom. The molecule has 0 aliphatic carbocycles. The second-order valence-corrected chi connectivity index (χ2v) is 6.22. The van der Waals surface area contributed by atoms with Crippen LogP contribution in [0.5, 0.6) is 0 Å². The predicted molar refractivity (Wildman–Crippen MR) is 70.8 cm³/mol. The van der Waals surface area contributed by atoms with Crippen molar-refractivity contribution in [3.8, 4) is 0 Å². The van der Waals surface area contributed by atoms with Crippen molar-refractivity contribution >= 4 is 23.8 Å². The lowest BCUT2D eigenvalue weighted by atomic mass is 9.94. The second kappa shape index (κ2) is 5.82. The molecule has 2 atom stereocenters. The second-order valence-electron chi connectivity index (χ2n) is 5.00. The molecule has 0 radical (unpaired) electrons. The summed E-state index contributed by atoms with van der Waals surface area (Å²) in [4.78, 5) is 27.0. The highest BCUT2D eigenvalue weighted by Crippen LogP contribution is 2.24. The maximum atomic E-state index is 12.4. The van der Waals surface area contributed by atoms with Gasteiger partial charge in [0.25, 0.3) is 0 Å². The lowest BCUT2D eigenvalue weighted by Crippen LogP contribution is -2.54. The SMILES string of the molecule is CC1CCC(C(=O)O)CN1C(=O)N1CCSCC1. The smallest absolute Gasteiger partial charge is 0.320 e. The summed E-state index contributed by atoms with van der Waals surface area (Å²) in [6.45, 7) is 3.93. The first-order valence-electron chi connectivity index (χ1n) is 6.45. The van der Waals surface area contributed by atoms with Gasteiger partial charge in [-0.1, -0.05) is 0 Å². The topological polar surface area (TPSA) is 60.9 Å². The summed E-state index contributed by atoms with van der Waals surface area (Å²) in [5.74, 6) is 0.783. The number of rotatable bonds is 1. The normalized spacial score (nSPS) is 29.2. The van der Waals surface area contributed by atoms with Crippen LogP contribution in [0.25, 0.3) is 0 Å². The number of carboxylic acids is 1. The third-order valence-corrected chi connectivity index (χ3v) is 4.70. The number of urea groups is 1. The number of hydrogen-bond acceptors (Lipinski definition) is 3. The highest BCUT2D eigenvalue weighted by atomic mass is 32.2. The van der Waals surface area contributed by atoms with E-state index in [1.165, 1.54) is 0 Å². The molecule has 1 N–H and O–H groups in total. The molecule has 6 heteroatoms. The van der Waals surface area contributed by atoms with Crippen LogP contribution in [0.3, 0.4) is 0 Å². The number of amides is 2. The van der Waals surface area contributed by atoms with Gasteiger partial charge in [0, 0.05) is 37.2 Å². The molecule has 2 fully saturated rings. The molecule has 2 heterocycles. The van der Waals surface area contributed by atoms with E-state index in [2.05, 4.69) is 0 Å². The summed E-state index contributed by atoms with van der Waals surface area (Å²) < 4.78 is 0. The van der Waals surface area contributed by atoms with Crippen LogP contribution >= 0.6 is 11.8 Å². The van der Waals surface area contributed by atoms with Crippen LogP contribution in [0.15, 0.2) is 0 Å². The standard InChI is InChI=1S/C12H20N2O3S/c1-9-2-3-10(11(15)16)8-14(9)12(17)13-4-6-18-7-5-13/h9-10H,2-8H2,1H3,(H,15,16). The number of hydrogen-bond donors (Lipinski definition) is 1. The Balaban J connectivity index is 2.00. The first-order valence-corrected chi connectivity index (χ1v) is 7.61. The fourth-order valence-corrected chi connectivity index (χ4v) is 3.41. The van der Waals surface area contributed by atoms with E-state index < -0.39 is 11.9 Å². The summed E-state index contributed by atoms with van der Waals surface area (Å²) in [6.07, 6.45) is 1.46. The number of carbonyl (C=O) groups is 2. The van der Waals surface area contributed by atoms with E-state index in [0.717, 1.165) is 31.0 Å². The Morgan fingerprint density at radius 3 is 2.50 bits per heavy atom. The van der Waals surface area contributed by atoms with E-state index >= 15 is 0 Å². The van der Waals surface area contributed by atoms with Crippen molar-refractivity contribution in [2.45, 2.75) is 25.8 Å². The molecule has 2 unspecified atom stereocenters. The third-order valence-electron chi connectivity index (χ3n) is 3.76. The minimum absolute atomic E-state index is 0.0220. The summed E-state index contributed by atoms with van der Waals surface area (Å²) in [7, 11) is 0. The van der Waals surface area contributed by atoms with Gasteiger partial charge in [-0.05, 0) is 19.8 Å². The summed E-state index contributed by atoms with van der Waals surface area (Å²) in [5.41, 5.74) is 0. The fraction of sp³-hybridized carbons (Fsp3) is 0.833. The van der Waals surface area contributed by atoms with Crippen LogP contribution in [0.2, 0.25) is 0 Å². The highest BCUT2D eigenvalue weighted by Gasteiger charge is 2.34. The molecule has 102 valence electrons. The molecule has 0 saturated carbocycles. The Kier molecular flexibility index (Phi) is 4.37. The Bertz CT molecular complexity index is 331. The molecule has 2 aliphatic heterocycles. The van der Waals surface area contributed by atoms with Gasteiger partial charge in [0.05, 0.1) is 5.92 Å². The minimum atomic E-state index is -0.783. The van der Waals surface area contributed by atoms with Gasteiger partial charge >= 0.3 is 12.0 Å². The average molecular weight is 272 g/mol. The van der Waals surface area contributed by atoms with Crippen molar-refractivity contribution in [2.75, 3.05) is 31.1 Å². The molecule has 5 nitrogen and oxygen atoms in total. The Hall–Kier alpha value is -0.910. The molecule has 0 spiro atoms. The van der Waals surface area contributed by atoms with E-state index in [9.17, 15) is 9.59 Å². The molecular weight excluding hydrogens is 252 g/mol. The first kappa shape index (κ1) is 13.5. The van der Waals surface area contributed by atoms with Crippen LogP contribution in [-0.2, 0) is 4.79 Å². The number of carbonyl (C=O) groups excluding carboxylic acids is 1. The van der Waals surface area contributed by atoms with Crippen LogP contribution in [0.4, 0.5) is 4.79 Å². The van der Waals surface area contributed by atoms with Gasteiger partial charge in [0.1, 0.15) is 0 Å². The van der Waals surface area contributed by atoms with Crippen LogP contribution in [-0.4, -0.2) is 64.1 Å². The van der Waals surface area contributed by atoms with Gasteiger partial charge in [-0.25, -0.2) is 4.79 Å². The van der Waals surface area contributed by atoms with Gasteiger partial charge in [-0.3, -0.25) is 4.79 Å². The summed E-state index contributed by atoms with van der Waals surface area (Å²) in [6, 6.07) is 0.177. The first-order chi connectivity index (χ1) is 8.59. The van der Waals surface area contributed by atoms with Crippen LogP contribution in [0, 0.1) is 5.92 Å². The molecule has 0 aromatic heterocycles. The van der Waals surface area contributed by atoms with Gasteiger partial charge in [-0.15, -0.1) is 0 Å². The van der Waals surface area contributed by atoms with Gasteiger partial charge in [0.2, 0.25) is 0 Å². The summed E-state index contributed by atoms with van der Waals surface area (Å²) in [5, 5.41) is 9.08. The van der Waals surface area contributed by atoms with Crippen molar-refractivity contribution in [3.05, 3.63) is 0 Å². The third kappa shape index (κ3) is 2.91. The van der Waals surface area contributed by atoms with Gasteiger partial charge in [0.15, 0.2) is 0 Å². The lowest BCUT2D eigenvalue weighted by Gasteiger charge is -2.40. The molecule has 18 heavy (non-hydrogen) atoms.